The molecule has 1 aliphatic heterocycles. The minimum absolute atomic E-state index is 0.103. The standard InChI is InChI=1S/C25H17Cl2N7O4/c26-14-5-7-18(19(27)11-14)22-20(33-23(35)16-3-1-2-4-17(16)24(33)36)13-31-25(32-22)29-10-9-28-21-8-6-15(12-30-21)34(37)38/h1-8,11-13H,9-10H2,(H,28,30)(H,29,31,32). The predicted molar refractivity (Wildman–Crippen MR) is 143 cm³/mol. The summed E-state index contributed by atoms with van der Waals surface area (Å²) in [6, 6.07) is 14.2. The molecule has 2 amide bonds. The highest BCUT2D eigenvalue weighted by Gasteiger charge is 2.38. The van der Waals surface area contributed by atoms with Crippen LogP contribution in [0.1, 0.15) is 20.7 Å². The van der Waals surface area contributed by atoms with Crippen molar-refractivity contribution in [3.8, 4) is 11.3 Å². The van der Waals surface area contributed by atoms with E-state index < -0.39 is 16.7 Å². The maximum Gasteiger partial charge on any atom is 0.287 e. The molecule has 0 unspecified atom stereocenters. The van der Waals surface area contributed by atoms with Crippen LogP contribution in [0.2, 0.25) is 10.0 Å². The summed E-state index contributed by atoms with van der Waals surface area (Å²) in [6.07, 6.45) is 2.56. The van der Waals surface area contributed by atoms with Crippen molar-refractivity contribution in [2.24, 2.45) is 0 Å². The zero-order valence-electron chi connectivity index (χ0n) is 19.4. The number of nitro groups is 1. The number of anilines is 3. The molecule has 0 radical (unpaired) electrons. The summed E-state index contributed by atoms with van der Waals surface area (Å²) in [5.74, 6) is -0.278. The Morgan fingerprint density at radius 2 is 1.58 bits per heavy atom. The third-order valence-electron chi connectivity index (χ3n) is 5.66. The topological polar surface area (TPSA) is 143 Å². The van der Waals surface area contributed by atoms with Gasteiger partial charge in [-0.05, 0) is 36.4 Å². The molecule has 2 aromatic heterocycles. The maximum atomic E-state index is 13.1. The highest BCUT2D eigenvalue weighted by atomic mass is 35.5. The number of hydrogen-bond acceptors (Lipinski definition) is 9. The molecule has 11 nitrogen and oxygen atoms in total. The lowest BCUT2D eigenvalue weighted by molar-refractivity contribution is -0.385. The zero-order valence-corrected chi connectivity index (χ0v) is 20.9. The monoisotopic (exact) mass is 549 g/mol. The maximum absolute atomic E-state index is 13.1. The van der Waals surface area contributed by atoms with E-state index in [1.54, 1.807) is 42.5 Å². The first-order chi connectivity index (χ1) is 18.3. The minimum Gasteiger partial charge on any atom is -0.368 e. The molecule has 4 aromatic rings. The van der Waals surface area contributed by atoms with Crippen molar-refractivity contribution in [2.75, 3.05) is 28.6 Å². The fraction of sp³-hybridized carbons (Fsp3) is 0.0800. The lowest BCUT2D eigenvalue weighted by Gasteiger charge is -2.19. The quantitative estimate of drug-likeness (QED) is 0.133. The number of nitrogens with zero attached hydrogens (tertiary/aromatic N) is 5. The molecule has 0 bridgehead atoms. The fourth-order valence-corrected chi connectivity index (χ4v) is 4.37. The summed E-state index contributed by atoms with van der Waals surface area (Å²) in [5.41, 5.74) is 1.38. The van der Waals surface area contributed by atoms with Crippen molar-refractivity contribution in [1.29, 1.82) is 0 Å². The fourth-order valence-electron chi connectivity index (χ4n) is 3.88. The SMILES string of the molecule is O=C1c2ccccc2C(=O)N1c1cnc(NCCNc2ccc([N+](=O)[O-])cn2)nc1-c1ccc(Cl)cc1Cl. The van der Waals surface area contributed by atoms with Crippen LogP contribution in [-0.4, -0.2) is 44.8 Å². The van der Waals surface area contributed by atoms with Crippen molar-refractivity contribution in [3.63, 3.8) is 0 Å². The number of carbonyl (C=O) groups excluding carboxylic acids is 2. The van der Waals surface area contributed by atoms with Gasteiger partial charge in [0.05, 0.1) is 33.0 Å². The van der Waals surface area contributed by atoms with Crippen LogP contribution in [0.3, 0.4) is 0 Å². The average molecular weight is 550 g/mol. The highest BCUT2D eigenvalue weighted by Crippen LogP contribution is 2.38. The van der Waals surface area contributed by atoms with E-state index in [0.717, 1.165) is 4.90 Å². The van der Waals surface area contributed by atoms with Crippen LogP contribution < -0.4 is 15.5 Å². The van der Waals surface area contributed by atoms with Gasteiger partial charge in [-0.1, -0.05) is 35.3 Å². The van der Waals surface area contributed by atoms with Crippen molar-refractivity contribution in [3.05, 3.63) is 98.3 Å². The van der Waals surface area contributed by atoms with Gasteiger partial charge in [-0.15, -0.1) is 0 Å². The second kappa shape index (κ2) is 10.4. The summed E-state index contributed by atoms with van der Waals surface area (Å²) in [4.78, 5) is 50.5. The molecule has 190 valence electrons. The van der Waals surface area contributed by atoms with Gasteiger partial charge >= 0.3 is 0 Å². The van der Waals surface area contributed by atoms with Crippen LogP contribution in [0.4, 0.5) is 23.1 Å². The number of fused-ring (bicyclic) bond motifs is 1. The van der Waals surface area contributed by atoms with Crippen LogP contribution in [0.5, 0.6) is 0 Å². The van der Waals surface area contributed by atoms with Crippen LogP contribution in [0.15, 0.2) is 67.0 Å². The van der Waals surface area contributed by atoms with Gasteiger partial charge in [0.25, 0.3) is 17.5 Å². The average Bonchev–Trinajstić information content (AvgIpc) is 3.16. The number of imide groups is 1. The van der Waals surface area contributed by atoms with Crippen LogP contribution in [0, 0.1) is 10.1 Å². The van der Waals surface area contributed by atoms with Gasteiger partial charge in [0.15, 0.2) is 0 Å². The molecular formula is C25H17Cl2N7O4. The van der Waals surface area contributed by atoms with E-state index in [1.807, 2.05) is 0 Å². The van der Waals surface area contributed by atoms with Crippen LogP contribution in [0.25, 0.3) is 11.3 Å². The number of carbonyl (C=O) groups is 2. The third-order valence-corrected chi connectivity index (χ3v) is 6.21. The van der Waals surface area contributed by atoms with Gasteiger partial charge in [0.1, 0.15) is 17.7 Å². The number of hydrogen-bond donors (Lipinski definition) is 2. The molecule has 5 rings (SSSR count). The first-order valence-corrected chi connectivity index (χ1v) is 12.0. The number of halogens is 2. The smallest absolute Gasteiger partial charge is 0.287 e. The number of amides is 2. The van der Waals surface area contributed by atoms with Crippen molar-refractivity contribution >= 4 is 58.2 Å². The van der Waals surface area contributed by atoms with Crippen LogP contribution >= 0.6 is 23.2 Å². The van der Waals surface area contributed by atoms with Crippen molar-refractivity contribution in [2.45, 2.75) is 0 Å². The van der Waals surface area contributed by atoms with E-state index >= 15 is 0 Å². The first kappa shape index (κ1) is 25.1. The van der Waals surface area contributed by atoms with Gasteiger partial charge in [-0.2, -0.15) is 0 Å². The molecule has 1 aliphatic rings. The van der Waals surface area contributed by atoms with E-state index in [4.69, 9.17) is 23.2 Å². The third kappa shape index (κ3) is 4.84. The van der Waals surface area contributed by atoms with E-state index in [1.165, 1.54) is 24.5 Å². The van der Waals surface area contributed by atoms with Gasteiger partial charge in [0, 0.05) is 29.7 Å². The molecule has 0 spiro atoms. The second-order valence-corrected chi connectivity index (χ2v) is 8.90. The van der Waals surface area contributed by atoms with Crippen molar-refractivity contribution in [1.82, 2.24) is 15.0 Å². The Bertz CT molecular complexity index is 1550. The van der Waals surface area contributed by atoms with Gasteiger partial charge in [-0.3, -0.25) is 19.7 Å². The lowest BCUT2D eigenvalue weighted by Crippen LogP contribution is -2.30. The Morgan fingerprint density at radius 1 is 0.868 bits per heavy atom. The van der Waals surface area contributed by atoms with Gasteiger partial charge < -0.3 is 10.6 Å². The summed E-state index contributed by atoms with van der Waals surface area (Å²) >= 11 is 12.5. The van der Waals surface area contributed by atoms with E-state index in [0.29, 0.717) is 40.6 Å². The Hall–Kier alpha value is -4.61. The number of aromatic nitrogens is 3. The largest absolute Gasteiger partial charge is 0.368 e. The number of benzene rings is 2. The summed E-state index contributed by atoms with van der Waals surface area (Å²) in [5, 5.41) is 17.6. The second-order valence-electron chi connectivity index (χ2n) is 8.06. The molecule has 0 fully saturated rings. The molecule has 38 heavy (non-hydrogen) atoms. The first-order valence-electron chi connectivity index (χ1n) is 11.2. The number of pyridine rings is 1. The summed E-state index contributed by atoms with van der Waals surface area (Å²) in [6.45, 7) is 0.754. The Morgan fingerprint density at radius 3 is 2.21 bits per heavy atom. The normalized spacial score (nSPS) is 12.4. The molecule has 3 heterocycles. The predicted octanol–water partition coefficient (Wildman–Crippen LogP) is 5.08. The minimum atomic E-state index is -0.522. The molecule has 0 atom stereocenters. The van der Waals surface area contributed by atoms with Gasteiger partial charge in [-0.25, -0.2) is 19.9 Å². The molecular weight excluding hydrogens is 533 g/mol. The molecule has 13 heteroatoms. The summed E-state index contributed by atoms with van der Waals surface area (Å²) < 4.78 is 0. The number of rotatable bonds is 8. The highest BCUT2D eigenvalue weighted by molar-refractivity contribution is 6.37. The van der Waals surface area contributed by atoms with E-state index in [2.05, 4.69) is 25.6 Å². The van der Waals surface area contributed by atoms with E-state index in [9.17, 15) is 19.7 Å². The van der Waals surface area contributed by atoms with Crippen molar-refractivity contribution < 1.29 is 14.5 Å². The molecule has 2 aromatic carbocycles. The molecule has 2 N–H and O–H groups in total. The Labute approximate surface area is 225 Å². The Kier molecular flexibility index (Phi) is 6.86. The summed E-state index contributed by atoms with van der Waals surface area (Å²) in [7, 11) is 0. The lowest BCUT2D eigenvalue weighted by atomic mass is 10.1. The number of nitrogens with one attached hydrogen (secondary N) is 2. The van der Waals surface area contributed by atoms with E-state index in [-0.39, 0.29) is 28.0 Å². The van der Waals surface area contributed by atoms with Gasteiger partial charge in [0.2, 0.25) is 5.95 Å². The van der Waals surface area contributed by atoms with Crippen LogP contribution in [-0.2, 0) is 0 Å². The Balaban J connectivity index is 1.40. The molecule has 0 aliphatic carbocycles. The zero-order chi connectivity index (χ0) is 26.8. The molecule has 0 saturated carbocycles. The molecule has 0 saturated heterocycles.